The first-order valence-electron chi connectivity index (χ1n) is 12.0. The van der Waals surface area contributed by atoms with Crippen LogP contribution in [-0.4, -0.2) is 21.9 Å². The average Bonchev–Trinajstić information content (AvgIpc) is 2.87. The normalized spacial score (nSPS) is 10.8. The van der Waals surface area contributed by atoms with Crippen molar-refractivity contribution in [2.24, 2.45) is 0 Å². The molecule has 0 amide bonds. The monoisotopic (exact) mass is 495 g/mol. The quantitative estimate of drug-likeness (QED) is 0.204. The molecule has 0 aromatic heterocycles. The zero-order valence-electron chi connectivity index (χ0n) is 22.3. The van der Waals surface area contributed by atoms with Crippen molar-refractivity contribution < 1.29 is 14.6 Å². The summed E-state index contributed by atoms with van der Waals surface area (Å²) in [7, 11) is 0. The third-order valence-corrected chi connectivity index (χ3v) is 5.83. The first-order chi connectivity index (χ1) is 16.9. The molecule has 35 heavy (non-hydrogen) atoms. The minimum absolute atomic E-state index is 0.00697. The van der Waals surface area contributed by atoms with E-state index in [0.717, 1.165) is 23.4 Å². The number of benzene rings is 2. The molecular formula is C30H41NO3S. The number of ether oxygens (including phenoxy) is 1. The lowest BCUT2D eigenvalue weighted by atomic mass is 9.96. The number of nitrogens with zero attached hydrogens (tertiary/aromatic N) is 1. The lowest BCUT2D eigenvalue weighted by molar-refractivity contribution is -0.137. The van der Waals surface area contributed by atoms with E-state index < -0.39 is 5.97 Å². The van der Waals surface area contributed by atoms with Gasteiger partial charge in [-0.3, -0.25) is 4.79 Å². The highest BCUT2D eigenvalue weighted by Gasteiger charge is 2.13. The summed E-state index contributed by atoms with van der Waals surface area (Å²) in [5.41, 5.74) is 3.22. The van der Waals surface area contributed by atoms with Crippen LogP contribution in [0.5, 0.6) is 5.75 Å². The number of carbonyl (C=O) groups is 1. The smallest absolute Gasteiger partial charge is 0.304 e. The zero-order valence-corrected chi connectivity index (χ0v) is 23.1. The van der Waals surface area contributed by atoms with Crippen molar-refractivity contribution in [2.75, 3.05) is 6.54 Å². The van der Waals surface area contributed by atoms with Gasteiger partial charge in [0.05, 0.1) is 12.3 Å². The molecule has 0 spiro atoms. The standard InChI is InChI=1S/C25H29NO3S.C3H6.C2H6/c1-5-9-22(17-25(27)28)21-12-14-23(15-13-21)29-18-20-10-8-11-24(16-20)30-26(7-3)19(4)6-2;1-3-2;1-2/h6,8,10-16,22H,7,17-18H2,1-4H3,(H,27,28);3H,1H2,2H3;1-2H3/b19-6+;;. The molecule has 0 aliphatic rings. The first-order valence-corrected chi connectivity index (χ1v) is 12.8. The van der Waals surface area contributed by atoms with Crippen molar-refractivity contribution in [1.29, 1.82) is 0 Å². The van der Waals surface area contributed by atoms with E-state index in [9.17, 15) is 4.79 Å². The predicted molar refractivity (Wildman–Crippen MR) is 151 cm³/mol. The molecule has 0 bridgehead atoms. The van der Waals surface area contributed by atoms with Crippen LogP contribution in [0.15, 0.2) is 77.9 Å². The largest absolute Gasteiger partial charge is 0.489 e. The second kappa shape index (κ2) is 19.2. The fourth-order valence-electron chi connectivity index (χ4n) is 2.91. The third-order valence-electron chi connectivity index (χ3n) is 4.60. The summed E-state index contributed by atoms with van der Waals surface area (Å²) in [6, 6.07) is 15.9. The summed E-state index contributed by atoms with van der Waals surface area (Å²) in [5, 5.41) is 9.07. The lowest BCUT2D eigenvalue weighted by Crippen LogP contribution is -2.12. The van der Waals surface area contributed by atoms with Crippen molar-refractivity contribution in [3.8, 4) is 17.6 Å². The van der Waals surface area contributed by atoms with Crippen LogP contribution in [0.4, 0.5) is 0 Å². The van der Waals surface area contributed by atoms with Crippen molar-refractivity contribution in [3.05, 3.63) is 84.1 Å². The minimum Gasteiger partial charge on any atom is -0.489 e. The van der Waals surface area contributed by atoms with E-state index in [4.69, 9.17) is 9.84 Å². The Morgan fingerprint density at radius 3 is 2.34 bits per heavy atom. The Morgan fingerprint density at radius 1 is 1.20 bits per heavy atom. The highest BCUT2D eigenvalue weighted by Crippen LogP contribution is 2.27. The van der Waals surface area contributed by atoms with E-state index in [1.165, 1.54) is 10.6 Å². The van der Waals surface area contributed by atoms with Gasteiger partial charge in [-0.2, -0.15) is 0 Å². The molecule has 0 aliphatic carbocycles. The van der Waals surface area contributed by atoms with Crippen LogP contribution in [0.25, 0.3) is 0 Å². The van der Waals surface area contributed by atoms with Crippen LogP contribution in [0.2, 0.25) is 0 Å². The summed E-state index contributed by atoms with van der Waals surface area (Å²) in [6.07, 6.45) is 3.85. The molecule has 5 heteroatoms. The highest BCUT2D eigenvalue weighted by atomic mass is 32.2. The van der Waals surface area contributed by atoms with Gasteiger partial charge in [0, 0.05) is 17.1 Å². The van der Waals surface area contributed by atoms with Gasteiger partial charge < -0.3 is 14.1 Å². The molecule has 0 saturated carbocycles. The second-order valence-electron chi connectivity index (χ2n) is 7.17. The molecule has 2 aromatic rings. The predicted octanol–water partition coefficient (Wildman–Crippen LogP) is 8.32. The molecule has 1 N–H and O–H groups in total. The van der Waals surface area contributed by atoms with Crippen molar-refractivity contribution in [3.63, 3.8) is 0 Å². The van der Waals surface area contributed by atoms with Gasteiger partial charge in [-0.1, -0.05) is 56.2 Å². The van der Waals surface area contributed by atoms with Gasteiger partial charge in [-0.05, 0) is 82.0 Å². The van der Waals surface area contributed by atoms with E-state index >= 15 is 0 Å². The Morgan fingerprint density at radius 2 is 1.83 bits per heavy atom. The number of rotatable bonds is 10. The summed E-state index contributed by atoms with van der Waals surface area (Å²) in [5.74, 6) is 5.36. The summed E-state index contributed by atoms with van der Waals surface area (Å²) in [6.45, 7) is 18.7. The van der Waals surface area contributed by atoms with E-state index in [2.05, 4.69) is 60.8 Å². The van der Waals surface area contributed by atoms with Crippen LogP contribution in [0.1, 0.15) is 71.9 Å². The molecule has 0 fully saturated rings. The molecular weight excluding hydrogens is 454 g/mol. The maximum Gasteiger partial charge on any atom is 0.304 e. The van der Waals surface area contributed by atoms with Gasteiger partial charge >= 0.3 is 5.97 Å². The van der Waals surface area contributed by atoms with Crippen LogP contribution >= 0.6 is 11.9 Å². The topological polar surface area (TPSA) is 49.8 Å². The molecule has 2 aromatic carbocycles. The van der Waals surface area contributed by atoms with E-state index in [1.807, 2.05) is 58.0 Å². The number of carboxylic acid groups (broad SMARTS) is 1. The summed E-state index contributed by atoms with van der Waals surface area (Å²) >= 11 is 1.72. The fraction of sp³-hybridized carbons (Fsp3) is 0.367. The molecule has 0 radical (unpaired) electrons. The SMILES string of the molecule is C=CC.CC.CC#CC(CC(=O)O)c1ccc(OCc2cccc(SN(CC)/C(C)=C/C)c2)cc1. The molecule has 0 heterocycles. The van der Waals surface area contributed by atoms with Crippen LogP contribution in [0.3, 0.4) is 0 Å². The summed E-state index contributed by atoms with van der Waals surface area (Å²) < 4.78 is 8.19. The van der Waals surface area contributed by atoms with Crippen LogP contribution < -0.4 is 4.74 Å². The Balaban J connectivity index is 0.00000214. The average molecular weight is 496 g/mol. The van der Waals surface area contributed by atoms with Crippen LogP contribution in [0, 0.1) is 11.8 Å². The maximum absolute atomic E-state index is 11.1. The molecule has 0 aliphatic heterocycles. The Kier molecular flexibility index (Phi) is 17.5. The zero-order chi connectivity index (χ0) is 26.6. The molecule has 4 nitrogen and oxygen atoms in total. The van der Waals surface area contributed by atoms with Crippen molar-refractivity contribution in [1.82, 2.24) is 4.31 Å². The Labute approximate surface area is 217 Å². The molecule has 0 saturated heterocycles. The lowest BCUT2D eigenvalue weighted by Gasteiger charge is -2.22. The molecule has 2 rings (SSSR count). The summed E-state index contributed by atoms with van der Waals surface area (Å²) in [4.78, 5) is 12.2. The number of hydrogen-bond donors (Lipinski definition) is 1. The van der Waals surface area contributed by atoms with Gasteiger partial charge in [0.25, 0.3) is 0 Å². The maximum atomic E-state index is 11.1. The van der Waals surface area contributed by atoms with Gasteiger partial charge in [0.1, 0.15) is 12.4 Å². The molecule has 190 valence electrons. The Bertz CT molecular complexity index is 971. The van der Waals surface area contributed by atoms with Gasteiger partial charge in [0.2, 0.25) is 0 Å². The number of hydrogen-bond acceptors (Lipinski definition) is 4. The van der Waals surface area contributed by atoms with Crippen molar-refractivity contribution in [2.45, 2.75) is 72.3 Å². The van der Waals surface area contributed by atoms with E-state index in [-0.39, 0.29) is 12.3 Å². The molecule has 1 unspecified atom stereocenters. The minimum atomic E-state index is -0.855. The van der Waals surface area contributed by atoms with Gasteiger partial charge in [-0.25, -0.2) is 0 Å². The highest BCUT2D eigenvalue weighted by molar-refractivity contribution is 7.97. The van der Waals surface area contributed by atoms with E-state index in [0.29, 0.717) is 6.61 Å². The number of allylic oxidation sites excluding steroid dienone is 3. The van der Waals surface area contributed by atoms with E-state index in [1.54, 1.807) is 24.9 Å². The van der Waals surface area contributed by atoms with Crippen molar-refractivity contribution >= 4 is 17.9 Å². The number of aliphatic carboxylic acids is 1. The first kappa shape index (κ1) is 31.9. The Hall–Kier alpha value is -3.10. The third kappa shape index (κ3) is 12.8. The molecule has 1 atom stereocenters. The second-order valence-corrected chi connectivity index (χ2v) is 8.27. The van der Waals surface area contributed by atoms with Crippen LogP contribution in [-0.2, 0) is 11.4 Å². The fourth-order valence-corrected chi connectivity index (χ4v) is 3.89. The number of carboxylic acids is 1. The van der Waals surface area contributed by atoms with Gasteiger partial charge in [-0.15, -0.1) is 12.5 Å². The van der Waals surface area contributed by atoms with Gasteiger partial charge in [0.15, 0.2) is 0 Å².